The van der Waals surface area contributed by atoms with E-state index in [9.17, 15) is 9.59 Å². The fourth-order valence-electron chi connectivity index (χ4n) is 4.10. The van der Waals surface area contributed by atoms with Crippen LogP contribution in [0.1, 0.15) is 30.5 Å². The van der Waals surface area contributed by atoms with E-state index in [1.807, 2.05) is 76.2 Å². The molecular formula is C28H28N2O4. The summed E-state index contributed by atoms with van der Waals surface area (Å²) in [6, 6.07) is 20.3. The molecule has 0 aromatic heterocycles. The Morgan fingerprint density at radius 1 is 0.824 bits per heavy atom. The van der Waals surface area contributed by atoms with Crippen LogP contribution in [-0.2, 0) is 9.59 Å². The van der Waals surface area contributed by atoms with E-state index in [1.165, 1.54) is 4.90 Å². The average Bonchev–Trinajstić information content (AvgIpc) is 3.04. The van der Waals surface area contributed by atoms with Crippen molar-refractivity contribution in [2.45, 2.75) is 27.7 Å². The van der Waals surface area contributed by atoms with Crippen molar-refractivity contribution < 1.29 is 19.1 Å². The molecule has 4 rings (SSSR count). The molecule has 3 aromatic carbocycles. The molecule has 1 aliphatic rings. The second-order valence-electron chi connectivity index (χ2n) is 8.00. The highest BCUT2D eigenvalue weighted by molar-refractivity contribution is 6.46. The minimum atomic E-state index is -0.436. The minimum absolute atomic E-state index is 0.219. The second-order valence-corrected chi connectivity index (χ2v) is 8.00. The van der Waals surface area contributed by atoms with Crippen LogP contribution in [0, 0.1) is 13.8 Å². The summed E-state index contributed by atoms with van der Waals surface area (Å²) in [5.41, 5.74) is 4.33. The van der Waals surface area contributed by atoms with Crippen molar-refractivity contribution in [2.75, 3.05) is 23.4 Å². The van der Waals surface area contributed by atoms with E-state index in [0.29, 0.717) is 47.2 Å². The van der Waals surface area contributed by atoms with Gasteiger partial charge in [0.05, 0.1) is 24.5 Å². The van der Waals surface area contributed by atoms with Gasteiger partial charge < -0.3 is 14.8 Å². The van der Waals surface area contributed by atoms with E-state index < -0.39 is 11.8 Å². The Labute approximate surface area is 199 Å². The molecule has 0 unspecified atom stereocenters. The molecule has 1 N–H and O–H groups in total. The van der Waals surface area contributed by atoms with Crippen LogP contribution in [0.15, 0.2) is 72.4 Å². The third-order valence-electron chi connectivity index (χ3n) is 5.56. The van der Waals surface area contributed by atoms with Crippen molar-refractivity contribution in [3.63, 3.8) is 0 Å². The highest BCUT2D eigenvalue weighted by Gasteiger charge is 2.41. The maximum Gasteiger partial charge on any atom is 0.282 e. The van der Waals surface area contributed by atoms with Crippen LogP contribution in [0.4, 0.5) is 11.4 Å². The van der Waals surface area contributed by atoms with Crippen molar-refractivity contribution in [1.82, 2.24) is 0 Å². The monoisotopic (exact) mass is 456 g/mol. The quantitative estimate of drug-likeness (QED) is 0.454. The average molecular weight is 457 g/mol. The zero-order chi connectivity index (χ0) is 24.2. The van der Waals surface area contributed by atoms with E-state index in [4.69, 9.17) is 9.47 Å². The highest BCUT2D eigenvalue weighted by atomic mass is 16.5. The first kappa shape index (κ1) is 23.1. The number of rotatable bonds is 8. The van der Waals surface area contributed by atoms with Gasteiger partial charge in [0.25, 0.3) is 11.8 Å². The largest absolute Gasteiger partial charge is 0.494 e. The van der Waals surface area contributed by atoms with Gasteiger partial charge in [-0.3, -0.25) is 9.59 Å². The van der Waals surface area contributed by atoms with Crippen molar-refractivity contribution in [1.29, 1.82) is 0 Å². The molecule has 174 valence electrons. The van der Waals surface area contributed by atoms with Crippen LogP contribution < -0.4 is 19.7 Å². The number of nitrogens with one attached hydrogen (secondary N) is 1. The summed E-state index contributed by atoms with van der Waals surface area (Å²) >= 11 is 0. The van der Waals surface area contributed by atoms with E-state index >= 15 is 0 Å². The Morgan fingerprint density at radius 2 is 1.59 bits per heavy atom. The molecule has 0 radical (unpaired) electrons. The van der Waals surface area contributed by atoms with E-state index in [2.05, 4.69) is 5.32 Å². The van der Waals surface area contributed by atoms with E-state index in [0.717, 1.165) is 11.1 Å². The summed E-state index contributed by atoms with van der Waals surface area (Å²) in [5, 5.41) is 3.21. The number of anilines is 2. The summed E-state index contributed by atoms with van der Waals surface area (Å²) in [6.07, 6.45) is 0. The van der Waals surface area contributed by atoms with Crippen molar-refractivity contribution in [3.8, 4) is 11.5 Å². The molecule has 6 heteroatoms. The summed E-state index contributed by atoms with van der Waals surface area (Å²) in [7, 11) is 0. The number of nitrogens with zero attached hydrogens (tertiary/aromatic N) is 1. The zero-order valence-corrected chi connectivity index (χ0v) is 19.8. The maximum atomic E-state index is 13.8. The number of para-hydroxylation sites is 2. The molecule has 0 bridgehead atoms. The highest BCUT2D eigenvalue weighted by Crippen LogP contribution is 2.39. The number of carbonyl (C=O) groups is 2. The fourth-order valence-corrected chi connectivity index (χ4v) is 4.10. The zero-order valence-electron chi connectivity index (χ0n) is 19.8. The number of amides is 2. The van der Waals surface area contributed by atoms with E-state index in [-0.39, 0.29) is 5.70 Å². The molecule has 6 nitrogen and oxygen atoms in total. The van der Waals surface area contributed by atoms with Gasteiger partial charge in [0.2, 0.25) is 0 Å². The Bertz CT molecular complexity index is 1280. The van der Waals surface area contributed by atoms with Gasteiger partial charge in [-0.05, 0) is 63.1 Å². The number of aryl methyl sites for hydroxylation is 2. The number of hydrogen-bond donors (Lipinski definition) is 1. The minimum Gasteiger partial charge on any atom is -0.494 e. The molecule has 2 amide bonds. The Balaban J connectivity index is 1.84. The number of carbonyl (C=O) groups excluding carboxylic acids is 2. The lowest BCUT2D eigenvalue weighted by molar-refractivity contribution is -0.120. The summed E-state index contributed by atoms with van der Waals surface area (Å²) in [4.78, 5) is 28.7. The van der Waals surface area contributed by atoms with Crippen LogP contribution in [-0.4, -0.2) is 25.0 Å². The Hall–Kier alpha value is -4.06. The molecule has 0 fully saturated rings. The van der Waals surface area contributed by atoms with Crippen LogP contribution in [0.25, 0.3) is 5.57 Å². The van der Waals surface area contributed by atoms with Gasteiger partial charge in [-0.1, -0.05) is 42.0 Å². The first-order chi connectivity index (χ1) is 16.4. The second kappa shape index (κ2) is 9.83. The third-order valence-corrected chi connectivity index (χ3v) is 5.56. The predicted octanol–water partition coefficient (Wildman–Crippen LogP) is 5.50. The third kappa shape index (κ3) is 4.39. The van der Waals surface area contributed by atoms with Gasteiger partial charge in [-0.2, -0.15) is 0 Å². The van der Waals surface area contributed by atoms with Gasteiger partial charge in [0.15, 0.2) is 0 Å². The SMILES string of the molecule is CCOc1cccc(NC2=C(c3ccc(C)cc3C)C(=O)N(c3ccccc3OCC)C2=O)c1. The van der Waals surface area contributed by atoms with Crippen LogP contribution in [0.5, 0.6) is 11.5 Å². The van der Waals surface area contributed by atoms with Crippen LogP contribution in [0.3, 0.4) is 0 Å². The van der Waals surface area contributed by atoms with Crippen molar-refractivity contribution in [3.05, 3.63) is 89.1 Å². The molecule has 0 saturated carbocycles. The predicted molar refractivity (Wildman–Crippen MR) is 134 cm³/mol. The Kier molecular flexibility index (Phi) is 6.68. The van der Waals surface area contributed by atoms with Gasteiger partial charge in [-0.25, -0.2) is 4.90 Å². The molecular weight excluding hydrogens is 428 g/mol. The van der Waals surface area contributed by atoms with Crippen LogP contribution in [0.2, 0.25) is 0 Å². The molecule has 0 saturated heterocycles. The normalized spacial score (nSPS) is 13.5. The molecule has 3 aromatic rings. The number of hydrogen-bond acceptors (Lipinski definition) is 5. The molecule has 0 aliphatic carbocycles. The maximum absolute atomic E-state index is 13.8. The summed E-state index contributed by atoms with van der Waals surface area (Å²) in [5.74, 6) is 0.323. The van der Waals surface area contributed by atoms with Crippen molar-refractivity contribution in [2.24, 2.45) is 0 Å². The van der Waals surface area contributed by atoms with Crippen LogP contribution >= 0.6 is 0 Å². The first-order valence-electron chi connectivity index (χ1n) is 11.4. The Morgan fingerprint density at radius 3 is 2.32 bits per heavy atom. The molecule has 1 heterocycles. The topological polar surface area (TPSA) is 67.9 Å². The number of benzene rings is 3. The first-order valence-corrected chi connectivity index (χ1v) is 11.4. The van der Waals surface area contributed by atoms with Crippen molar-refractivity contribution >= 4 is 28.8 Å². The van der Waals surface area contributed by atoms with E-state index in [1.54, 1.807) is 18.2 Å². The standard InChI is InChI=1S/C28H28N2O4/c1-5-33-21-11-9-10-20(17-21)29-26-25(22-15-14-18(3)16-19(22)4)27(31)30(28(26)32)23-12-7-8-13-24(23)34-6-2/h7-17,29H,5-6H2,1-4H3. The van der Waals surface area contributed by atoms with Gasteiger partial charge >= 0.3 is 0 Å². The van der Waals surface area contributed by atoms with Gasteiger partial charge in [0, 0.05) is 11.8 Å². The lowest BCUT2D eigenvalue weighted by Crippen LogP contribution is -2.32. The smallest absolute Gasteiger partial charge is 0.282 e. The van der Waals surface area contributed by atoms with Gasteiger partial charge in [-0.15, -0.1) is 0 Å². The molecule has 34 heavy (non-hydrogen) atoms. The molecule has 1 aliphatic heterocycles. The molecule has 0 atom stereocenters. The summed E-state index contributed by atoms with van der Waals surface area (Å²) < 4.78 is 11.3. The fraction of sp³-hybridized carbons (Fsp3) is 0.214. The number of ether oxygens (including phenoxy) is 2. The summed E-state index contributed by atoms with van der Waals surface area (Å²) in [6.45, 7) is 8.65. The van der Waals surface area contributed by atoms with Gasteiger partial charge in [0.1, 0.15) is 17.2 Å². The number of imide groups is 1. The lowest BCUT2D eigenvalue weighted by Gasteiger charge is -2.19. The molecule has 0 spiro atoms. The lowest BCUT2D eigenvalue weighted by atomic mass is 9.97.